The van der Waals surface area contributed by atoms with Crippen molar-refractivity contribution in [2.45, 2.75) is 50.6 Å². The van der Waals surface area contributed by atoms with E-state index in [-0.39, 0.29) is 0 Å². The molecule has 0 N–H and O–H groups in total. The Kier molecular flexibility index (Phi) is 7.40. The lowest BCUT2D eigenvalue weighted by atomic mass is 10.00. The Bertz CT molecular complexity index is 953. The van der Waals surface area contributed by atoms with Crippen molar-refractivity contribution in [1.29, 1.82) is 0 Å². The minimum atomic E-state index is 0.433. The first-order valence-electron chi connectivity index (χ1n) is 12.3. The number of hydrogen-bond donors (Lipinski definition) is 0. The molecule has 4 aliphatic rings. The Balaban J connectivity index is 0.000000142. The molecule has 6 rings (SSSR count). The van der Waals surface area contributed by atoms with Crippen LogP contribution in [0, 0.1) is 0 Å². The van der Waals surface area contributed by atoms with Gasteiger partial charge in [-0.15, -0.1) is 0 Å². The highest BCUT2D eigenvalue weighted by molar-refractivity contribution is 6.32. The van der Waals surface area contributed by atoms with Gasteiger partial charge in [-0.3, -0.25) is 9.80 Å². The molecule has 0 radical (unpaired) electrons. The number of aromatic nitrogens is 1. The number of halogens is 2. The first-order valence-corrected chi connectivity index (χ1v) is 13.1. The molecule has 1 aromatic heterocycles. The third-order valence-electron chi connectivity index (χ3n) is 7.35. The molecule has 0 unspecified atom stereocenters. The van der Waals surface area contributed by atoms with E-state index in [1.807, 2.05) is 12.3 Å². The smallest absolute Gasteiger partial charge is 0.180 e. The molecule has 8 heteroatoms. The van der Waals surface area contributed by atoms with Crippen molar-refractivity contribution < 1.29 is 14.2 Å². The number of hydrogen-bond acceptors (Lipinski definition) is 6. The third-order valence-corrected chi connectivity index (χ3v) is 7.97. The van der Waals surface area contributed by atoms with Crippen LogP contribution < -0.4 is 14.2 Å². The minimum Gasteiger partial charge on any atom is -0.493 e. The molecule has 2 atom stereocenters. The molecular formula is C26H33Cl2N3O3. The summed E-state index contributed by atoms with van der Waals surface area (Å²) in [6.45, 7) is 4.29. The van der Waals surface area contributed by atoms with Gasteiger partial charge in [0.15, 0.2) is 11.5 Å². The molecule has 0 saturated carbocycles. The number of ether oxygens (including phenoxy) is 3. The summed E-state index contributed by atoms with van der Waals surface area (Å²) in [7, 11) is 4.32. The summed E-state index contributed by atoms with van der Waals surface area (Å²) in [6.07, 6.45) is 8.78. The van der Waals surface area contributed by atoms with E-state index in [0.717, 1.165) is 55.4 Å². The van der Waals surface area contributed by atoms with E-state index in [4.69, 9.17) is 37.4 Å². The predicted molar refractivity (Wildman–Crippen MR) is 135 cm³/mol. The molecule has 5 heterocycles. The maximum Gasteiger partial charge on any atom is 0.180 e. The zero-order valence-corrected chi connectivity index (χ0v) is 21.5. The number of pyridine rings is 1. The Morgan fingerprint density at radius 1 is 0.794 bits per heavy atom. The van der Waals surface area contributed by atoms with Crippen LogP contribution in [0.5, 0.6) is 17.2 Å². The summed E-state index contributed by atoms with van der Waals surface area (Å²) < 4.78 is 17.2. The van der Waals surface area contributed by atoms with Crippen molar-refractivity contribution in [3.05, 3.63) is 45.2 Å². The summed E-state index contributed by atoms with van der Waals surface area (Å²) in [5, 5.41) is 1.26. The SMILES string of the molecule is CN1CCC[C@H]1c1ccc(Cl)c2c1OCCO2.CN1CCC[C@H]1c1cnc(Cl)c2c1OCCC2. The van der Waals surface area contributed by atoms with Crippen LogP contribution in [-0.2, 0) is 6.42 Å². The third kappa shape index (κ3) is 4.70. The largest absolute Gasteiger partial charge is 0.493 e. The van der Waals surface area contributed by atoms with Crippen molar-refractivity contribution in [1.82, 2.24) is 14.8 Å². The van der Waals surface area contributed by atoms with Gasteiger partial charge in [-0.1, -0.05) is 29.3 Å². The highest BCUT2D eigenvalue weighted by atomic mass is 35.5. The zero-order valence-electron chi connectivity index (χ0n) is 20.0. The average molecular weight is 506 g/mol. The molecular weight excluding hydrogens is 473 g/mol. The number of benzene rings is 1. The van der Waals surface area contributed by atoms with E-state index < -0.39 is 0 Å². The molecule has 34 heavy (non-hydrogen) atoms. The molecule has 2 fully saturated rings. The topological polar surface area (TPSA) is 47.1 Å². The van der Waals surface area contributed by atoms with Crippen LogP contribution in [0.1, 0.15) is 60.9 Å². The van der Waals surface area contributed by atoms with E-state index >= 15 is 0 Å². The van der Waals surface area contributed by atoms with Crippen LogP contribution in [0.3, 0.4) is 0 Å². The van der Waals surface area contributed by atoms with Crippen LogP contribution >= 0.6 is 23.2 Å². The van der Waals surface area contributed by atoms with E-state index in [9.17, 15) is 0 Å². The fraction of sp³-hybridized carbons (Fsp3) is 0.577. The predicted octanol–water partition coefficient (Wildman–Crippen LogP) is 5.70. The zero-order chi connectivity index (χ0) is 23.7. The first-order chi connectivity index (χ1) is 16.5. The van der Waals surface area contributed by atoms with Crippen LogP contribution in [0.15, 0.2) is 18.3 Å². The standard InChI is InChI=1S/C13H17ClN2O.C13H16ClNO2/c1-16-6-2-5-11(16)10-8-15-13(14)9-4-3-7-17-12(9)10;1-15-6-2-3-11(15)9-4-5-10(14)13-12(9)16-7-8-17-13/h8,11H,2-7H2,1H3;4-5,11H,2-3,6-8H2,1H3/t2*11-/m00/s1. The van der Waals surface area contributed by atoms with Crippen molar-refractivity contribution in [2.24, 2.45) is 0 Å². The van der Waals surface area contributed by atoms with Gasteiger partial charge in [0, 0.05) is 35.0 Å². The van der Waals surface area contributed by atoms with Crippen LogP contribution in [0.2, 0.25) is 10.2 Å². The molecule has 0 amide bonds. The molecule has 0 spiro atoms. The van der Waals surface area contributed by atoms with Gasteiger partial charge in [0.05, 0.1) is 11.6 Å². The van der Waals surface area contributed by atoms with Gasteiger partial charge in [0.25, 0.3) is 0 Å². The second kappa shape index (κ2) is 10.5. The molecule has 1 aromatic carbocycles. The Hall–Kier alpha value is -1.73. The maximum absolute atomic E-state index is 6.15. The van der Waals surface area contributed by atoms with Crippen molar-refractivity contribution >= 4 is 23.2 Å². The molecule has 6 nitrogen and oxygen atoms in total. The monoisotopic (exact) mass is 505 g/mol. The van der Waals surface area contributed by atoms with Crippen LogP contribution in [-0.4, -0.2) is 61.8 Å². The van der Waals surface area contributed by atoms with Crippen molar-refractivity contribution in [3.63, 3.8) is 0 Å². The number of nitrogens with zero attached hydrogens (tertiary/aromatic N) is 3. The van der Waals surface area contributed by atoms with Gasteiger partial charge in [-0.25, -0.2) is 4.98 Å². The molecule has 4 aliphatic heterocycles. The summed E-state index contributed by atoms with van der Waals surface area (Å²) in [5.41, 5.74) is 3.55. The van der Waals surface area contributed by atoms with Crippen LogP contribution in [0.4, 0.5) is 0 Å². The highest BCUT2D eigenvalue weighted by Gasteiger charge is 2.30. The average Bonchev–Trinajstić information content (AvgIpc) is 3.48. The maximum atomic E-state index is 6.15. The Morgan fingerprint density at radius 2 is 1.44 bits per heavy atom. The van der Waals surface area contributed by atoms with E-state index in [2.05, 4.69) is 34.9 Å². The van der Waals surface area contributed by atoms with Crippen LogP contribution in [0.25, 0.3) is 0 Å². The van der Waals surface area contributed by atoms with Crippen molar-refractivity contribution in [2.75, 3.05) is 47.0 Å². The first kappa shape index (κ1) is 24.0. The van der Waals surface area contributed by atoms with Gasteiger partial charge < -0.3 is 14.2 Å². The second-order valence-electron chi connectivity index (χ2n) is 9.53. The van der Waals surface area contributed by atoms with Gasteiger partial charge in [-0.2, -0.15) is 0 Å². The molecule has 0 bridgehead atoms. The Morgan fingerprint density at radius 3 is 2.12 bits per heavy atom. The molecule has 2 saturated heterocycles. The van der Waals surface area contributed by atoms with Gasteiger partial charge >= 0.3 is 0 Å². The molecule has 2 aromatic rings. The van der Waals surface area contributed by atoms with E-state index in [0.29, 0.717) is 35.5 Å². The quantitative estimate of drug-likeness (QED) is 0.487. The minimum absolute atomic E-state index is 0.433. The van der Waals surface area contributed by atoms with Gasteiger partial charge in [-0.05, 0) is 71.8 Å². The Labute approximate surface area is 212 Å². The lowest BCUT2D eigenvalue weighted by Crippen LogP contribution is -2.21. The van der Waals surface area contributed by atoms with E-state index in [1.54, 1.807) is 0 Å². The van der Waals surface area contributed by atoms with Crippen molar-refractivity contribution in [3.8, 4) is 17.2 Å². The summed E-state index contributed by atoms with van der Waals surface area (Å²) in [6, 6.07) is 4.87. The molecule has 0 aliphatic carbocycles. The fourth-order valence-corrected chi connectivity index (χ4v) is 6.00. The normalized spacial score (nSPS) is 24.2. The summed E-state index contributed by atoms with van der Waals surface area (Å²) in [5.74, 6) is 2.58. The van der Waals surface area contributed by atoms with Gasteiger partial charge in [0.2, 0.25) is 0 Å². The fourth-order valence-electron chi connectivity index (χ4n) is 5.57. The highest BCUT2D eigenvalue weighted by Crippen LogP contribution is 2.46. The second-order valence-corrected chi connectivity index (χ2v) is 10.3. The van der Waals surface area contributed by atoms with Gasteiger partial charge in [0.1, 0.15) is 24.1 Å². The molecule has 184 valence electrons. The lowest BCUT2D eigenvalue weighted by molar-refractivity contribution is 0.166. The summed E-state index contributed by atoms with van der Waals surface area (Å²) in [4.78, 5) is 9.07. The summed E-state index contributed by atoms with van der Waals surface area (Å²) >= 11 is 12.3. The number of fused-ring (bicyclic) bond motifs is 2. The number of rotatable bonds is 2. The van der Waals surface area contributed by atoms with E-state index in [1.165, 1.54) is 36.8 Å². The number of likely N-dealkylation sites (tertiary alicyclic amines) is 2. The lowest BCUT2D eigenvalue weighted by Gasteiger charge is -2.27.